The van der Waals surface area contributed by atoms with E-state index >= 15 is 0 Å². The van der Waals surface area contributed by atoms with E-state index in [9.17, 15) is 17.6 Å². The van der Waals surface area contributed by atoms with Gasteiger partial charge in [-0.2, -0.15) is 0 Å². The number of halogens is 2. The van der Waals surface area contributed by atoms with Crippen LogP contribution in [0.4, 0.5) is 10.1 Å². The first-order valence-corrected chi connectivity index (χ1v) is 12.9. The van der Waals surface area contributed by atoms with Gasteiger partial charge in [0.2, 0.25) is 15.9 Å². The summed E-state index contributed by atoms with van der Waals surface area (Å²) < 4.78 is 39.5. The minimum absolute atomic E-state index is 0.146. The Labute approximate surface area is 194 Å². The summed E-state index contributed by atoms with van der Waals surface area (Å²) in [5.41, 5.74) is 2.30. The summed E-state index contributed by atoms with van der Waals surface area (Å²) in [6.45, 7) is 5.19. The van der Waals surface area contributed by atoms with Gasteiger partial charge in [0.05, 0.1) is 17.0 Å². The molecule has 0 bridgehead atoms. The van der Waals surface area contributed by atoms with Crippen LogP contribution >= 0.6 is 11.6 Å². The molecule has 1 saturated heterocycles. The lowest BCUT2D eigenvalue weighted by molar-refractivity contribution is -0.122. The molecular formula is C23H29ClFN3O3S. The quantitative estimate of drug-likeness (QED) is 0.589. The molecule has 9 heteroatoms. The minimum atomic E-state index is -3.82. The predicted molar refractivity (Wildman–Crippen MR) is 126 cm³/mol. The Kier molecular flexibility index (Phi) is 8.14. The summed E-state index contributed by atoms with van der Waals surface area (Å²) in [4.78, 5) is 15.3. The smallest absolute Gasteiger partial charge is 0.244 e. The third kappa shape index (κ3) is 6.21. The van der Waals surface area contributed by atoms with Crippen LogP contribution in [0, 0.1) is 5.82 Å². The minimum Gasteiger partial charge on any atom is -0.350 e. The van der Waals surface area contributed by atoms with Gasteiger partial charge in [-0.1, -0.05) is 42.8 Å². The second-order valence-electron chi connectivity index (χ2n) is 8.10. The number of hydrogen-bond acceptors (Lipinski definition) is 4. The average Bonchev–Trinajstić information content (AvgIpc) is 3.25. The zero-order valence-corrected chi connectivity index (χ0v) is 19.9. The molecule has 1 atom stereocenters. The number of sulfonamides is 1. The van der Waals surface area contributed by atoms with Gasteiger partial charge in [-0.15, -0.1) is 0 Å². The number of benzene rings is 2. The highest BCUT2D eigenvalue weighted by molar-refractivity contribution is 7.92. The van der Waals surface area contributed by atoms with Crippen LogP contribution in [0.3, 0.4) is 0 Å². The lowest BCUT2D eigenvalue weighted by Gasteiger charge is -2.30. The lowest BCUT2D eigenvalue weighted by atomic mass is 10.1. The topological polar surface area (TPSA) is 69.7 Å². The fourth-order valence-corrected chi connectivity index (χ4v) is 5.33. The molecule has 6 nitrogen and oxygen atoms in total. The Morgan fingerprint density at radius 3 is 2.34 bits per heavy atom. The molecule has 1 heterocycles. The van der Waals surface area contributed by atoms with Gasteiger partial charge >= 0.3 is 0 Å². The average molecular weight is 482 g/mol. The van der Waals surface area contributed by atoms with Crippen molar-refractivity contribution < 1.29 is 17.6 Å². The molecule has 1 aliphatic rings. The molecule has 32 heavy (non-hydrogen) atoms. The van der Waals surface area contributed by atoms with Gasteiger partial charge in [-0.3, -0.25) is 14.0 Å². The first-order valence-electron chi connectivity index (χ1n) is 10.7. The molecule has 2 aromatic rings. The van der Waals surface area contributed by atoms with Gasteiger partial charge in [0.15, 0.2) is 0 Å². The monoisotopic (exact) mass is 481 g/mol. The van der Waals surface area contributed by atoms with Gasteiger partial charge in [0, 0.05) is 13.1 Å². The zero-order valence-electron chi connectivity index (χ0n) is 18.4. The van der Waals surface area contributed by atoms with Gasteiger partial charge in [-0.05, 0) is 61.7 Å². The second-order valence-corrected chi connectivity index (χ2v) is 10.4. The van der Waals surface area contributed by atoms with Crippen molar-refractivity contribution in [3.8, 4) is 0 Å². The molecule has 1 aliphatic heterocycles. The van der Waals surface area contributed by atoms with Crippen LogP contribution in [0.25, 0.3) is 0 Å². The number of hydrogen-bond donors (Lipinski definition) is 1. The Morgan fingerprint density at radius 1 is 1.16 bits per heavy atom. The van der Waals surface area contributed by atoms with Crippen LogP contribution < -0.4 is 9.62 Å². The number of amides is 1. The first kappa shape index (κ1) is 24.5. The van der Waals surface area contributed by atoms with E-state index in [4.69, 9.17) is 11.6 Å². The van der Waals surface area contributed by atoms with Crippen molar-refractivity contribution in [2.24, 2.45) is 0 Å². The van der Waals surface area contributed by atoms with Crippen molar-refractivity contribution in [2.45, 2.75) is 45.3 Å². The summed E-state index contributed by atoms with van der Waals surface area (Å²) in [6.07, 6.45) is 3.75. The highest BCUT2D eigenvalue weighted by atomic mass is 35.5. The van der Waals surface area contributed by atoms with Gasteiger partial charge in [-0.25, -0.2) is 12.8 Å². The van der Waals surface area contributed by atoms with Gasteiger partial charge < -0.3 is 5.32 Å². The Balaban J connectivity index is 1.68. The van der Waals surface area contributed by atoms with Crippen LogP contribution in [0.15, 0.2) is 42.5 Å². The molecule has 0 spiro atoms. The SMILES string of the molecule is CC[C@H](C(=O)NCc1ccc(CN2CCCC2)cc1)N(c1ccc(F)c(Cl)c1)S(C)(=O)=O. The molecule has 0 aliphatic carbocycles. The van der Waals surface area contributed by atoms with E-state index in [-0.39, 0.29) is 23.7 Å². The Hall–Kier alpha value is -2.16. The van der Waals surface area contributed by atoms with Crippen LogP contribution in [0.1, 0.15) is 37.3 Å². The summed E-state index contributed by atoms with van der Waals surface area (Å²) >= 11 is 5.84. The molecule has 1 N–H and O–H groups in total. The highest BCUT2D eigenvalue weighted by Crippen LogP contribution is 2.27. The fraction of sp³-hybridized carbons (Fsp3) is 0.435. The van der Waals surface area contributed by atoms with E-state index in [0.717, 1.165) is 41.8 Å². The molecule has 3 rings (SSSR count). The maximum atomic E-state index is 13.6. The summed E-state index contributed by atoms with van der Waals surface area (Å²) in [7, 11) is -3.82. The maximum Gasteiger partial charge on any atom is 0.244 e. The van der Waals surface area contributed by atoms with Crippen LogP contribution in [0.5, 0.6) is 0 Å². The van der Waals surface area contributed by atoms with Crippen molar-refractivity contribution >= 4 is 33.2 Å². The largest absolute Gasteiger partial charge is 0.350 e. The van der Waals surface area contributed by atoms with Crippen molar-refractivity contribution in [2.75, 3.05) is 23.7 Å². The third-order valence-corrected chi connectivity index (χ3v) is 7.05. The summed E-state index contributed by atoms with van der Waals surface area (Å²) in [6, 6.07) is 10.7. The number of nitrogens with one attached hydrogen (secondary N) is 1. The van der Waals surface area contributed by atoms with Crippen molar-refractivity contribution in [3.05, 3.63) is 64.4 Å². The Morgan fingerprint density at radius 2 is 1.78 bits per heavy atom. The molecule has 0 unspecified atom stereocenters. The molecule has 1 fully saturated rings. The number of rotatable bonds is 9. The standard InChI is InChI=1S/C23H29ClFN3O3S/c1-3-22(28(32(2,30)31)19-10-11-21(25)20(24)14-19)23(29)26-15-17-6-8-18(9-7-17)16-27-12-4-5-13-27/h6-11,14,22H,3-5,12-13,15-16H2,1-2H3,(H,26,29)/t22-/m1/s1. The molecule has 2 aromatic carbocycles. The second kappa shape index (κ2) is 10.6. The highest BCUT2D eigenvalue weighted by Gasteiger charge is 2.31. The van der Waals surface area contributed by atoms with E-state index in [1.807, 2.05) is 12.1 Å². The van der Waals surface area contributed by atoms with Crippen molar-refractivity contribution in [1.29, 1.82) is 0 Å². The van der Waals surface area contributed by atoms with E-state index in [2.05, 4.69) is 22.3 Å². The third-order valence-electron chi connectivity index (χ3n) is 5.58. The molecule has 0 aromatic heterocycles. The normalized spacial score (nSPS) is 15.5. The molecule has 0 saturated carbocycles. The van der Waals surface area contributed by atoms with Gasteiger partial charge in [0.1, 0.15) is 11.9 Å². The zero-order chi connectivity index (χ0) is 23.3. The van der Waals surface area contributed by atoms with E-state index in [0.29, 0.717) is 0 Å². The van der Waals surface area contributed by atoms with E-state index in [1.54, 1.807) is 6.92 Å². The van der Waals surface area contributed by atoms with Crippen molar-refractivity contribution in [3.63, 3.8) is 0 Å². The van der Waals surface area contributed by atoms with Crippen molar-refractivity contribution in [1.82, 2.24) is 10.2 Å². The molecular weight excluding hydrogens is 453 g/mol. The Bertz CT molecular complexity index is 1040. The van der Waals surface area contributed by atoms with Crippen LogP contribution in [-0.4, -0.2) is 44.6 Å². The van der Waals surface area contributed by atoms with Crippen LogP contribution in [-0.2, 0) is 27.9 Å². The fourth-order valence-electron chi connectivity index (χ4n) is 3.95. The molecule has 174 valence electrons. The molecule has 1 amide bonds. The molecule has 0 radical (unpaired) electrons. The van der Waals surface area contributed by atoms with Crippen LogP contribution in [0.2, 0.25) is 5.02 Å². The lowest BCUT2D eigenvalue weighted by Crippen LogP contribution is -2.49. The van der Waals surface area contributed by atoms with E-state index in [1.165, 1.54) is 30.5 Å². The van der Waals surface area contributed by atoms with Gasteiger partial charge in [0.25, 0.3) is 0 Å². The number of carbonyl (C=O) groups excluding carboxylic acids is 1. The summed E-state index contributed by atoms with van der Waals surface area (Å²) in [5, 5.41) is 2.62. The maximum absolute atomic E-state index is 13.6. The predicted octanol–water partition coefficient (Wildman–Crippen LogP) is 3.94. The number of anilines is 1. The van der Waals surface area contributed by atoms with E-state index < -0.39 is 27.8 Å². The number of likely N-dealkylation sites (tertiary alicyclic amines) is 1. The number of carbonyl (C=O) groups is 1. The number of nitrogens with zero attached hydrogens (tertiary/aromatic N) is 2. The summed E-state index contributed by atoms with van der Waals surface area (Å²) in [5.74, 6) is -1.09. The first-order chi connectivity index (χ1) is 15.2.